The van der Waals surface area contributed by atoms with Gasteiger partial charge in [0.1, 0.15) is 17.8 Å². The number of aromatic nitrogens is 2. The number of nitrogens with two attached hydrogens (primary N) is 1. The molecule has 1 aliphatic rings. The Labute approximate surface area is 148 Å². The lowest BCUT2D eigenvalue weighted by Crippen LogP contribution is -2.10. The van der Waals surface area contributed by atoms with Gasteiger partial charge in [-0.3, -0.25) is 0 Å². The highest BCUT2D eigenvalue weighted by Gasteiger charge is 2.09. The van der Waals surface area contributed by atoms with Crippen LogP contribution in [0.25, 0.3) is 0 Å². The van der Waals surface area contributed by atoms with Gasteiger partial charge in [-0.1, -0.05) is 17.7 Å². The zero-order chi connectivity index (χ0) is 17.5. The minimum absolute atomic E-state index is 0.517. The van der Waals surface area contributed by atoms with Crippen LogP contribution in [0.3, 0.4) is 0 Å². The predicted molar refractivity (Wildman–Crippen MR) is 102 cm³/mol. The van der Waals surface area contributed by atoms with Gasteiger partial charge >= 0.3 is 0 Å². The number of hydrogen-bond donors (Lipinski definition) is 3. The van der Waals surface area contributed by atoms with Crippen LogP contribution in [0.2, 0.25) is 0 Å². The molecule has 25 heavy (non-hydrogen) atoms. The highest BCUT2D eigenvalue weighted by molar-refractivity contribution is 5.77. The van der Waals surface area contributed by atoms with Gasteiger partial charge in [0.05, 0.1) is 7.11 Å². The number of ether oxygens (including phenoxy) is 1. The molecule has 6 heteroatoms. The minimum Gasteiger partial charge on any atom is -0.497 e. The standard InChI is InChI=1S/C19H25N5O/c1-25-16-9-5-8-15(12-16)24-19-17(20)18(22-13-23-19)21-11-10-14-6-3-2-4-7-14/h5-6,8-9,12-13H,2-4,7,10-11,20H2,1H3,(H2,21,22,23,24). The Balaban J connectivity index is 1.63. The van der Waals surface area contributed by atoms with Crippen LogP contribution in [-0.2, 0) is 0 Å². The predicted octanol–water partition coefficient (Wildman–Crippen LogP) is 4.11. The fraction of sp³-hybridized carbons (Fsp3) is 0.368. The van der Waals surface area contributed by atoms with Crippen LogP contribution in [0.4, 0.5) is 23.0 Å². The molecule has 0 spiro atoms. The lowest BCUT2D eigenvalue weighted by molar-refractivity contribution is 0.415. The van der Waals surface area contributed by atoms with Gasteiger partial charge in [0.2, 0.25) is 0 Å². The minimum atomic E-state index is 0.517. The van der Waals surface area contributed by atoms with E-state index in [9.17, 15) is 0 Å². The number of anilines is 4. The molecule has 132 valence electrons. The Morgan fingerprint density at radius 2 is 2.08 bits per heavy atom. The zero-order valence-electron chi connectivity index (χ0n) is 14.6. The molecule has 1 aliphatic carbocycles. The van der Waals surface area contributed by atoms with E-state index in [0.717, 1.165) is 24.4 Å². The number of rotatable bonds is 7. The first-order valence-corrected chi connectivity index (χ1v) is 8.69. The van der Waals surface area contributed by atoms with Crippen molar-refractivity contribution in [2.75, 3.05) is 30.0 Å². The van der Waals surface area contributed by atoms with Gasteiger partial charge in [-0.05, 0) is 44.2 Å². The molecule has 0 fully saturated rings. The Kier molecular flexibility index (Phi) is 5.72. The highest BCUT2D eigenvalue weighted by Crippen LogP contribution is 2.27. The third-order valence-electron chi connectivity index (χ3n) is 4.34. The first-order valence-electron chi connectivity index (χ1n) is 8.69. The van der Waals surface area contributed by atoms with E-state index in [2.05, 4.69) is 26.7 Å². The molecule has 0 aliphatic heterocycles. The van der Waals surface area contributed by atoms with Crippen molar-refractivity contribution in [1.29, 1.82) is 0 Å². The molecule has 1 aromatic heterocycles. The molecule has 0 amide bonds. The van der Waals surface area contributed by atoms with Crippen molar-refractivity contribution in [3.8, 4) is 5.75 Å². The molecule has 0 radical (unpaired) electrons. The van der Waals surface area contributed by atoms with Crippen molar-refractivity contribution in [1.82, 2.24) is 9.97 Å². The third kappa shape index (κ3) is 4.62. The van der Waals surface area contributed by atoms with Crippen molar-refractivity contribution in [3.63, 3.8) is 0 Å². The molecule has 0 bridgehead atoms. The first-order chi connectivity index (χ1) is 12.3. The molecule has 2 aromatic rings. The lowest BCUT2D eigenvalue weighted by Gasteiger charge is -2.15. The van der Waals surface area contributed by atoms with Gasteiger partial charge in [0.25, 0.3) is 0 Å². The molecule has 4 N–H and O–H groups in total. The van der Waals surface area contributed by atoms with Crippen LogP contribution in [0.1, 0.15) is 32.1 Å². The van der Waals surface area contributed by atoms with E-state index in [1.54, 1.807) is 7.11 Å². The van der Waals surface area contributed by atoms with E-state index in [-0.39, 0.29) is 0 Å². The van der Waals surface area contributed by atoms with Crippen LogP contribution in [0, 0.1) is 0 Å². The number of allylic oxidation sites excluding steroid dienone is 1. The second kappa shape index (κ2) is 8.37. The van der Waals surface area contributed by atoms with Gasteiger partial charge in [0, 0.05) is 18.3 Å². The monoisotopic (exact) mass is 339 g/mol. The zero-order valence-corrected chi connectivity index (χ0v) is 14.6. The quantitative estimate of drug-likeness (QED) is 0.658. The van der Waals surface area contributed by atoms with E-state index in [1.807, 2.05) is 24.3 Å². The van der Waals surface area contributed by atoms with Crippen molar-refractivity contribution >= 4 is 23.0 Å². The second-order valence-corrected chi connectivity index (χ2v) is 6.13. The summed E-state index contributed by atoms with van der Waals surface area (Å²) in [5.74, 6) is 2.02. The average molecular weight is 339 g/mol. The summed E-state index contributed by atoms with van der Waals surface area (Å²) in [6.07, 6.45) is 9.95. The summed E-state index contributed by atoms with van der Waals surface area (Å²) in [7, 11) is 1.64. The van der Waals surface area contributed by atoms with Crippen LogP contribution < -0.4 is 21.1 Å². The van der Waals surface area contributed by atoms with Gasteiger partial charge in [-0.25, -0.2) is 9.97 Å². The fourth-order valence-electron chi connectivity index (χ4n) is 2.95. The number of nitrogens with one attached hydrogen (secondary N) is 2. The summed E-state index contributed by atoms with van der Waals surface area (Å²) in [6.45, 7) is 0.825. The van der Waals surface area contributed by atoms with Crippen LogP contribution in [-0.4, -0.2) is 23.6 Å². The highest BCUT2D eigenvalue weighted by atomic mass is 16.5. The van der Waals surface area contributed by atoms with Crippen LogP contribution >= 0.6 is 0 Å². The van der Waals surface area contributed by atoms with Crippen molar-refractivity contribution in [3.05, 3.63) is 42.2 Å². The molecule has 3 rings (SSSR count). The Hall–Kier alpha value is -2.76. The summed E-state index contributed by atoms with van der Waals surface area (Å²) >= 11 is 0. The molecule has 6 nitrogen and oxygen atoms in total. The van der Waals surface area contributed by atoms with Gasteiger partial charge in [0.15, 0.2) is 11.6 Å². The van der Waals surface area contributed by atoms with Gasteiger partial charge in [-0.15, -0.1) is 0 Å². The van der Waals surface area contributed by atoms with E-state index in [1.165, 1.54) is 37.6 Å². The summed E-state index contributed by atoms with van der Waals surface area (Å²) < 4.78 is 5.24. The summed E-state index contributed by atoms with van der Waals surface area (Å²) in [4.78, 5) is 8.51. The fourth-order valence-corrected chi connectivity index (χ4v) is 2.95. The van der Waals surface area contributed by atoms with Crippen molar-refractivity contribution in [2.24, 2.45) is 0 Å². The normalized spacial score (nSPS) is 13.9. The molecule has 0 saturated carbocycles. The van der Waals surface area contributed by atoms with E-state index in [4.69, 9.17) is 10.5 Å². The number of hydrogen-bond acceptors (Lipinski definition) is 6. The molecule has 1 aromatic carbocycles. The van der Waals surface area contributed by atoms with E-state index < -0.39 is 0 Å². The summed E-state index contributed by atoms with van der Waals surface area (Å²) in [5.41, 5.74) is 9.13. The molecular formula is C19H25N5O. The van der Waals surface area contributed by atoms with Crippen LogP contribution in [0.15, 0.2) is 42.2 Å². The maximum Gasteiger partial charge on any atom is 0.159 e. The molecule has 0 atom stereocenters. The Morgan fingerprint density at radius 1 is 1.20 bits per heavy atom. The number of methoxy groups -OCH3 is 1. The number of nitrogens with zero attached hydrogens (tertiary/aromatic N) is 2. The first kappa shape index (κ1) is 17.1. The Bertz CT molecular complexity index is 744. The molecular weight excluding hydrogens is 314 g/mol. The third-order valence-corrected chi connectivity index (χ3v) is 4.34. The van der Waals surface area contributed by atoms with Crippen molar-refractivity contribution in [2.45, 2.75) is 32.1 Å². The maximum atomic E-state index is 6.23. The smallest absolute Gasteiger partial charge is 0.159 e. The largest absolute Gasteiger partial charge is 0.497 e. The second-order valence-electron chi connectivity index (χ2n) is 6.13. The van der Waals surface area contributed by atoms with E-state index in [0.29, 0.717) is 17.3 Å². The van der Waals surface area contributed by atoms with Crippen molar-refractivity contribution < 1.29 is 4.74 Å². The van der Waals surface area contributed by atoms with Crippen LogP contribution in [0.5, 0.6) is 5.75 Å². The van der Waals surface area contributed by atoms with E-state index >= 15 is 0 Å². The topological polar surface area (TPSA) is 85.1 Å². The van der Waals surface area contributed by atoms with Gasteiger partial charge < -0.3 is 21.1 Å². The van der Waals surface area contributed by atoms with Gasteiger partial charge in [-0.2, -0.15) is 0 Å². The lowest BCUT2D eigenvalue weighted by atomic mass is 9.97. The Morgan fingerprint density at radius 3 is 2.88 bits per heavy atom. The number of nitrogen functional groups attached to an aromatic ring is 1. The summed E-state index contributed by atoms with van der Waals surface area (Å²) in [5, 5.41) is 6.55. The summed E-state index contributed by atoms with van der Waals surface area (Å²) in [6, 6.07) is 7.63. The number of benzene rings is 1. The maximum absolute atomic E-state index is 6.23. The SMILES string of the molecule is COc1cccc(Nc2ncnc(NCCC3=CCCCC3)c2N)c1. The molecule has 1 heterocycles. The molecule has 0 unspecified atom stereocenters. The average Bonchev–Trinajstić information content (AvgIpc) is 2.66. The molecule has 0 saturated heterocycles.